The molecule has 2 aromatic carbocycles. The van der Waals surface area contributed by atoms with Crippen molar-refractivity contribution in [1.29, 1.82) is 0 Å². The van der Waals surface area contributed by atoms with E-state index in [9.17, 15) is 0 Å². The van der Waals surface area contributed by atoms with Crippen LogP contribution in [0.1, 0.15) is 6.42 Å². The van der Waals surface area contributed by atoms with Gasteiger partial charge >= 0.3 is 0 Å². The maximum Gasteiger partial charge on any atom is 0.244 e. The molecule has 2 aromatic rings. The molecule has 0 heterocycles. The van der Waals surface area contributed by atoms with Crippen LogP contribution in [0, 0.1) is 0 Å². The number of hydrogen-bond acceptors (Lipinski definition) is 0. The van der Waals surface area contributed by atoms with Crippen LogP contribution < -0.4 is 10.4 Å². The number of halogens is 1. The predicted molar refractivity (Wildman–Crippen MR) is 85.6 cm³/mol. The molecule has 94 valence electrons. The minimum Gasteiger partial charge on any atom is -0.149 e. The molecule has 1 aliphatic carbocycles. The Labute approximate surface area is 119 Å². The summed E-state index contributed by atoms with van der Waals surface area (Å²) in [6, 6.07) is 21.0. The third-order valence-electron chi connectivity index (χ3n) is 3.56. The van der Waals surface area contributed by atoms with Crippen LogP contribution in [0.3, 0.4) is 0 Å². The van der Waals surface area contributed by atoms with Crippen molar-refractivity contribution in [3.63, 3.8) is 0 Å². The first kappa shape index (κ1) is 12.5. The summed E-state index contributed by atoms with van der Waals surface area (Å²) in [5.41, 5.74) is 0. The van der Waals surface area contributed by atoms with Crippen molar-refractivity contribution in [1.82, 2.24) is 0 Å². The number of benzene rings is 2. The molecule has 0 nitrogen and oxygen atoms in total. The van der Waals surface area contributed by atoms with E-state index in [1.807, 2.05) is 12.1 Å². The molecular formula is C17H15ClSi. The summed E-state index contributed by atoms with van der Waals surface area (Å²) in [4.78, 5) is 0. The lowest BCUT2D eigenvalue weighted by Crippen LogP contribution is -2.55. The zero-order valence-electron chi connectivity index (χ0n) is 10.6. The quantitative estimate of drug-likeness (QED) is 0.598. The summed E-state index contributed by atoms with van der Waals surface area (Å²) in [5.74, 6) is 0. The molecule has 3 rings (SSSR count). The van der Waals surface area contributed by atoms with E-state index in [0.29, 0.717) is 0 Å². The molecule has 1 aliphatic rings. The maximum atomic E-state index is 7.23. The average molecular weight is 283 g/mol. The van der Waals surface area contributed by atoms with Gasteiger partial charge in [-0.25, -0.2) is 0 Å². The van der Waals surface area contributed by atoms with Gasteiger partial charge in [-0.3, -0.25) is 0 Å². The monoisotopic (exact) mass is 282 g/mol. The highest BCUT2D eigenvalue weighted by molar-refractivity contribution is 7.37. The van der Waals surface area contributed by atoms with Gasteiger partial charge in [0.05, 0.1) is 0 Å². The van der Waals surface area contributed by atoms with Crippen LogP contribution in [-0.2, 0) is 0 Å². The molecule has 0 saturated carbocycles. The molecule has 0 aromatic heterocycles. The van der Waals surface area contributed by atoms with Gasteiger partial charge in [0.15, 0.2) is 0 Å². The van der Waals surface area contributed by atoms with E-state index in [2.05, 4.69) is 66.8 Å². The second-order valence-electron chi connectivity index (χ2n) is 4.71. The number of allylic oxidation sites excluding steroid dienone is 4. The Morgan fingerprint density at radius 1 is 0.789 bits per heavy atom. The lowest BCUT2D eigenvalue weighted by Gasteiger charge is -2.27. The summed E-state index contributed by atoms with van der Waals surface area (Å²) in [6.07, 6.45) is 7.47. The normalized spacial score (nSPS) is 14.5. The average Bonchev–Trinajstić information content (AvgIpc) is 3.03. The minimum absolute atomic E-state index is 0.972. The van der Waals surface area contributed by atoms with Crippen molar-refractivity contribution in [3.05, 3.63) is 84.1 Å². The van der Waals surface area contributed by atoms with Crippen LogP contribution in [-0.4, -0.2) is 7.38 Å². The molecule has 0 aliphatic heterocycles. The fourth-order valence-electron chi connectivity index (χ4n) is 2.58. The lowest BCUT2D eigenvalue weighted by atomic mass is 10.4. The predicted octanol–water partition coefficient (Wildman–Crippen LogP) is 3.41. The molecule has 0 atom stereocenters. The van der Waals surface area contributed by atoms with E-state index in [0.717, 1.165) is 6.42 Å². The van der Waals surface area contributed by atoms with Crippen LogP contribution in [0.2, 0.25) is 0 Å². The summed E-state index contributed by atoms with van der Waals surface area (Å²) in [6.45, 7) is 0. The molecule has 0 radical (unpaired) electrons. The van der Waals surface area contributed by atoms with Gasteiger partial charge in [0, 0.05) is 0 Å². The second kappa shape index (κ2) is 5.20. The Morgan fingerprint density at radius 3 is 1.74 bits per heavy atom. The summed E-state index contributed by atoms with van der Waals surface area (Å²) in [5, 5.41) is 3.89. The van der Waals surface area contributed by atoms with E-state index >= 15 is 0 Å². The summed E-state index contributed by atoms with van der Waals surface area (Å²) < 4.78 is 0. The van der Waals surface area contributed by atoms with E-state index in [1.165, 1.54) is 15.6 Å². The SMILES string of the molecule is Cl[Si](C1=CC=CC1)(c1ccccc1)c1ccccc1. The Hall–Kier alpha value is -1.57. The van der Waals surface area contributed by atoms with Crippen molar-refractivity contribution in [3.8, 4) is 0 Å². The van der Waals surface area contributed by atoms with E-state index in [1.54, 1.807) is 0 Å². The lowest BCUT2D eigenvalue weighted by molar-refractivity contribution is 1.38. The number of hydrogen-bond donors (Lipinski definition) is 0. The molecule has 0 amide bonds. The maximum absolute atomic E-state index is 7.23. The van der Waals surface area contributed by atoms with Crippen molar-refractivity contribution in [2.45, 2.75) is 6.42 Å². The molecule has 0 N–H and O–H groups in total. The van der Waals surface area contributed by atoms with Gasteiger partial charge in [-0.1, -0.05) is 84.1 Å². The van der Waals surface area contributed by atoms with Gasteiger partial charge in [-0.05, 0) is 16.8 Å². The van der Waals surface area contributed by atoms with Crippen molar-refractivity contribution in [2.24, 2.45) is 0 Å². The Morgan fingerprint density at radius 2 is 1.32 bits per heavy atom. The first-order valence-corrected chi connectivity index (χ1v) is 9.49. The Kier molecular flexibility index (Phi) is 3.41. The minimum atomic E-state index is -2.30. The molecule has 0 fully saturated rings. The summed E-state index contributed by atoms with van der Waals surface area (Å²) in [7, 11) is -2.30. The molecule has 0 unspecified atom stereocenters. The third-order valence-corrected chi connectivity index (χ3v) is 9.11. The molecular weight excluding hydrogens is 268 g/mol. The van der Waals surface area contributed by atoms with Crippen LogP contribution >= 0.6 is 11.1 Å². The van der Waals surface area contributed by atoms with Crippen molar-refractivity contribution < 1.29 is 0 Å². The zero-order chi connectivity index (χ0) is 13.1. The number of rotatable bonds is 3. The van der Waals surface area contributed by atoms with E-state index in [-0.39, 0.29) is 0 Å². The van der Waals surface area contributed by atoms with Crippen LogP contribution in [0.5, 0.6) is 0 Å². The third kappa shape index (κ3) is 2.20. The first-order chi connectivity index (χ1) is 9.32. The molecule has 0 saturated heterocycles. The van der Waals surface area contributed by atoms with Gasteiger partial charge < -0.3 is 0 Å². The van der Waals surface area contributed by atoms with Gasteiger partial charge in [0.1, 0.15) is 0 Å². The molecule has 2 heteroatoms. The van der Waals surface area contributed by atoms with E-state index in [4.69, 9.17) is 11.1 Å². The standard InChI is InChI=1S/C17H15ClSi/c18-19(17-13-7-8-14-17,15-9-3-1-4-10-15)16-11-5-2-6-12-16/h1-13H,14H2. The fraction of sp³-hybridized carbons (Fsp3) is 0.0588. The van der Waals surface area contributed by atoms with Crippen LogP contribution in [0.15, 0.2) is 84.1 Å². The van der Waals surface area contributed by atoms with Crippen molar-refractivity contribution >= 4 is 28.8 Å². The Bertz CT molecular complexity index is 575. The molecule has 0 bridgehead atoms. The first-order valence-electron chi connectivity index (χ1n) is 6.48. The van der Waals surface area contributed by atoms with Gasteiger partial charge in [0.25, 0.3) is 0 Å². The largest absolute Gasteiger partial charge is 0.244 e. The highest BCUT2D eigenvalue weighted by Gasteiger charge is 2.39. The van der Waals surface area contributed by atoms with E-state index < -0.39 is 7.38 Å². The second-order valence-corrected chi connectivity index (χ2v) is 9.53. The van der Waals surface area contributed by atoms with Gasteiger partial charge in [0.2, 0.25) is 7.38 Å². The smallest absolute Gasteiger partial charge is 0.149 e. The Balaban J connectivity index is 2.17. The molecule has 0 spiro atoms. The topological polar surface area (TPSA) is 0 Å². The summed E-state index contributed by atoms with van der Waals surface area (Å²) >= 11 is 7.23. The van der Waals surface area contributed by atoms with Gasteiger partial charge in [-0.2, -0.15) is 0 Å². The highest BCUT2D eigenvalue weighted by Crippen LogP contribution is 2.26. The molecule has 19 heavy (non-hydrogen) atoms. The van der Waals surface area contributed by atoms with Gasteiger partial charge in [-0.15, -0.1) is 11.1 Å². The fourth-order valence-corrected chi connectivity index (χ4v) is 6.86. The zero-order valence-corrected chi connectivity index (χ0v) is 12.3. The highest BCUT2D eigenvalue weighted by atomic mass is 35.6. The van der Waals surface area contributed by atoms with Crippen LogP contribution in [0.25, 0.3) is 0 Å². The van der Waals surface area contributed by atoms with Crippen LogP contribution in [0.4, 0.5) is 0 Å². The van der Waals surface area contributed by atoms with Crippen molar-refractivity contribution in [2.75, 3.05) is 0 Å².